The van der Waals surface area contributed by atoms with E-state index in [4.69, 9.17) is 16.3 Å². The van der Waals surface area contributed by atoms with Crippen LogP contribution < -0.4 is 14.8 Å². The van der Waals surface area contributed by atoms with E-state index < -0.39 is 12.3 Å². The molecule has 0 spiro atoms. The predicted octanol–water partition coefficient (Wildman–Crippen LogP) is 6.07. The highest BCUT2D eigenvalue weighted by Crippen LogP contribution is 2.27. The Hall–Kier alpha value is -3.19. The quantitative estimate of drug-likeness (QED) is 0.525. The van der Waals surface area contributed by atoms with Crippen LogP contribution in [0.4, 0.5) is 18.9 Å². The van der Waals surface area contributed by atoms with Crippen molar-refractivity contribution in [3.8, 4) is 11.5 Å². The van der Waals surface area contributed by atoms with Crippen LogP contribution >= 0.6 is 11.6 Å². The maximum atomic E-state index is 12.7. The fourth-order valence-electron chi connectivity index (χ4n) is 2.48. The second kappa shape index (κ2) is 8.87. The lowest BCUT2D eigenvalue weighted by molar-refractivity contribution is -0.274. The first-order valence-corrected chi connectivity index (χ1v) is 8.81. The Labute approximate surface area is 169 Å². The van der Waals surface area contributed by atoms with Gasteiger partial charge in [-0.15, -0.1) is 13.2 Å². The second-order valence-corrected chi connectivity index (χ2v) is 6.38. The molecule has 3 aromatic rings. The third-order valence-corrected chi connectivity index (χ3v) is 4.00. The Kier molecular flexibility index (Phi) is 6.29. The van der Waals surface area contributed by atoms with Crippen LogP contribution in [0, 0.1) is 0 Å². The number of hydrogen-bond donors (Lipinski definition) is 1. The van der Waals surface area contributed by atoms with Gasteiger partial charge in [0.25, 0.3) is 5.91 Å². The van der Waals surface area contributed by atoms with Crippen molar-refractivity contribution >= 4 is 23.2 Å². The molecule has 150 valence electrons. The Morgan fingerprint density at radius 3 is 2.31 bits per heavy atom. The molecule has 0 bridgehead atoms. The van der Waals surface area contributed by atoms with Gasteiger partial charge in [0, 0.05) is 10.7 Å². The molecular formula is C21H15ClF3NO3. The molecule has 29 heavy (non-hydrogen) atoms. The Balaban J connectivity index is 1.72. The third kappa shape index (κ3) is 6.15. The van der Waals surface area contributed by atoms with Crippen LogP contribution in [0.1, 0.15) is 15.9 Å². The van der Waals surface area contributed by atoms with Crippen molar-refractivity contribution in [2.75, 3.05) is 5.32 Å². The van der Waals surface area contributed by atoms with E-state index in [1.807, 2.05) is 30.3 Å². The molecule has 8 heteroatoms. The number of anilines is 1. The minimum absolute atomic E-state index is 0.198. The summed E-state index contributed by atoms with van der Waals surface area (Å²) in [5, 5.41) is 2.94. The van der Waals surface area contributed by atoms with Gasteiger partial charge in [-0.2, -0.15) is 0 Å². The molecule has 1 N–H and O–H groups in total. The maximum absolute atomic E-state index is 12.7. The van der Waals surface area contributed by atoms with Crippen LogP contribution in [0.25, 0.3) is 0 Å². The molecule has 0 radical (unpaired) electrons. The van der Waals surface area contributed by atoms with E-state index in [0.717, 1.165) is 17.7 Å². The molecule has 4 nitrogen and oxygen atoms in total. The summed E-state index contributed by atoms with van der Waals surface area (Å²) in [6, 6.07) is 18.9. The normalized spacial score (nSPS) is 11.0. The van der Waals surface area contributed by atoms with Gasteiger partial charge in [0.15, 0.2) is 0 Å². The number of amides is 1. The zero-order valence-corrected chi connectivity index (χ0v) is 15.6. The van der Waals surface area contributed by atoms with Gasteiger partial charge in [-0.25, -0.2) is 0 Å². The van der Waals surface area contributed by atoms with E-state index in [9.17, 15) is 18.0 Å². The van der Waals surface area contributed by atoms with Gasteiger partial charge in [0.2, 0.25) is 0 Å². The summed E-state index contributed by atoms with van der Waals surface area (Å²) in [5.41, 5.74) is 1.41. The third-order valence-electron chi connectivity index (χ3n) is 3.77. The number of rotatable bonds is 6. The van der Waals surface area contributed by atoms with Crippen LogP contribution in [0.2, 0.25) is 5.02 Å². The second-order valence-electron chi connectivity index (χ2n) is 5.94. The number of carbonyl (C=O) groups excluding carboxylic acids is 1. The van der Waals surface area contributed by atoms with Gasteiger partial charge >= 0.3 is 6.36 Å². The molecule has 0 aliphatic carbocycles. The molecule has 0 fully saturated rings. The van der Waals surface area contributed by atoms with Gasteiger partial charge in [-0.05, 0) is 48.0 Å². The van der Waals surface area contributed by atoms with E-state index in [1.165, 1.54) is 18.2 Å². The minimum atomic E-state index is -4.78. The highest BCUT2D eigenvalue weighted by molar-refractivity contribution is 6.31. The molecule has 1 amide bonds. The van der Waals surface area contributed by atoms with Gasteiger partial charge in [0.05, 0.1) is 5.56 Å². The van der Waals surface area contributed by atoms with E-state index >= 15 is 0 Å². The zero-order valence-electron chi connectivity index (χ0n) is 14.9. The summed E-state index contributed by atoms with van der Waals surface area (Å²) in [7, 11) is 0. The average molecular weight is 422 g/mol. The van der Waals surface area contributed by atoms with E-state index in [2.05, 4.69) is 10.1 Å². The SMILES string of the molecule is O=C(Nc1ccc(OC(F)(F)F)cc1)c1cc(Cl)ccc1OCc1ccccc1. The highest BCUT2D eigenvalue weighted by atomic mass is 35.5. The monoisotopic (exact) mass is 421 g/mol. The number of nitrogens with one attached hydrogen (secondary N) is 1. The molecule has 0 aliphatic heterocycles. The number of ether oxygens (including phenoxy) is 2. The van der Waals surface area contributed by atoms with E-state index in [0.29, 0.717) is 16.5 Å². The predicted molar refractivity (Wildman–Crippen MR) is 103 cm³/mol. The highest BCUT2D eigenvalue weighted by Gasteiger charge is 2.31. The van der Waals surface area contributed by atoms with Crippen molar-refractivity contribution in [1.82, 2.24) is 0 Å². The van der Waals surface area contributed by atoms with Crippen LogP contribution in [-0.2, 0) is 6.61 Å². The minimum Gasteiger partial charge on any atom is -0.488 e. The lowest BCUT2D eigenvalue weighted by Crippen LogP contribution is -2.17. The van der Waals surface area contributed by atoms with Crippen molar-refractivity contribution < 1.29 is 27.4 Å². The van der Waals surface area contributed by atoms with Crippen LogP contribution in [0.3, 0.4) is 0 Å². The molecular weight excluding hydrogens is 407 g/mol. The number of halogens is 4. The van der Waals surface area contributed by atoms with Crippen molar-refractivity contribution in [3.05, 3.63) is 88.9 Å². The fourth-order valence-corrected chi connectivity index (χ4v) is 2.65. The van der Waals surface area contributed by atoms with Crippen molar-refractivity contribution in [2.24, 2.45) is 0 Å². The van der Waals surface area contributed by atoms with Crippen LogP contribution in [0.5, 0.6) is 11.5 Å². The summed E-state index contributed by atoms with van der Waals surface area (Å²) >= 11 is 6.00. The topological polar surface area (TPSA) is 47.6 Å². The van der Waals surface area contributed by atoms with Crippen LogP contribution in [-0.4, -0.2) is 12.3 Å². The molecule has 3 rings (SSSR count). The first-order chi connectivity index (χ1) is 13.8. The molecule has 3 aromatic carbocycles. The van der Waals surface area contributed by atoms with E-state index in [-0.39, 0.29) is 17.9 Å². The standard InChI is InChI=1S/C21H15ClF3NO3/c22-15-6-11-19(28-13-14-4-2-1-3-5-14)18(12-15)20(27)26-16-7-9-17(10-8-16)29-21(23,24)25/h1-12H,13H2,(H,26,27). The molecule has 0 saturated carbocycles. The van der Waals surface area contributed by atoms with Crippen LogP contribution in [0.15, 0.2) is 72.8 Å². The maximum Gasteiger partial charge on any atom is 0.573 e. The molecule has 0 unspecified atom stereocenters. The van der Waals surface area contributed by atoms with E-state index in [1.54, 1.807) is 12.1 Å². The van der Waals surface area contributed by atoms with Crippen molar-refractivity contribution in [3.63, 3.8) is 0 Å². The van der Waals surface area contributed by atoms with Gasteiger partial charge in [0.1, 0.15) is 18.1 Å². The first kappa shape index (κ1) is 20.5. The number of hydrogen-bond acceptors (Lipinski definition) is 3. The summed E-state index contributed by atoms with van der Waals surface area (Å²) in [5.74, 6) is -0.571. The molecule has 0 atom stereocenters. The summed E-state index contributed by atoms with van der Waals surface area (Å²) in [6.07, 6.45) is -4.78. The Morgan fingerprint density at radius 2 is 1.66 bits per heavy atom. The average Bonchev–Trinajstić information content (AvgIpc) is 2.68. The summed E-state index contributed by atoms with van der Waals surface area (Å²) in [6.45, 7) is 0.256. The Morgan fingerprint density at radius 1 is 0.966 bits per heavy atom. The number of carbonyl (C=O) groups is 1. The number of benzene rings is 3. The summed E-state index contributed by atoms with van der Waals surface area (Å²) in [4.78, 5) is 12.7. The summed E-state index contributed by atoms with van der Waals surface area (Å²) < 4.78 is 46.2. The van der Waals surface area contributed by atoms with Gasteiger partial charge in [-0.3, -0.25) is 4.79 Å². The first-order valence-electron chi connectivity index (χ1n) is 8.43. The molecule has 0 aromatic heterocycles. The smallest absolute Gasteiger partial charge is 0.488 e. The van der Waals surface area contributed by atoms with Crippen molar-refractivity contribution in [2.45, 2.75) is 13.0 Å². The van der Waals surface area contributed by atoms with Gasteiger partial charge < -0.3 is 14.8 Å². The lowest BCUT2D eigenvalue weighted by Gasteiger charge is -2.13. The molecule has 0 heterocycles. The lowest BCUT2D eigenvalue weighted by atomic mass is 10.1. The number of alkyl halides is 3. The Bertz CT molecular complexity index is 977. The van der Waals surface area contributed by atoms with Crippen molar-refractivity contribution in [1.29, 1.82) is 0 Å². The zero-order chi connectivity index (χ0) is 20.9. The van der Waals surface area contributed by atoms with Gasteiger partial charge in [-0.1, -0.05) is 41.9 Å². The fraction of sp³-hybridized carbons (Fsp3) is 0.0952. The molecule has 0 saturated heterocycles. The molecule has 0 aliphatic rings. The largest absolute Gasteiger partial charge is 0.573 e.